The molecule has 0 fully saturated rings. The lowest BCUT2D eigenvalue weighted by molar-refractivity contribution is 0.669. The van der Waals surface area contributed by atoms with E-state index in [1.807, 2.05) is 133 Å². The third kappa shape index (κ3) is 12.4. The molecule has 0 saturated heterocycles. The van der Waals surface area contributed by atoms with Crippen LogP contribution in [0.5, 0.6) is 0 Å². The van der Waals surface area contributed by atoms with Crippen LogP contribution in [0.2, 0.25) is 0 Å². The molecule has 0 amide bonds. The van der Waals surface area contributed by atoms with Gasteiger partial charge in [-0.15, -0.1) is 0 Å². The van der Waals surface area contributed by atoms with Crippen molar-refractivity contribution in [2.45, 2.75) is 0 Å². The van der Waals surface area contributed by atoms with Crippen LogP contribution >= 0.6 is 0 Å². The standard InChI is InChI=1S/C51H32N4O.C51H34N4/c1-4-14-33(15-5-1)49-52-50(34-16-6-2-7-17-34)54-51(53-49)38-19-12-18-37(30-38)40-23-13-24-45-48(40)43-32-35(26-28-44(43)55(45)39-20-8-3-9-21-39)36-27-29-47-42(31-36)41-22-10-11-25-46(41)56-47;1-5-15-35(16-6-1)37-27-30-43(31-28-37)55-46-32-29-40(36-17-7-2-8-18-36)34-45(46)48-44(25-14-26-47(48)55)41-23-13-24-42(33-41)51-53-49(38-19-9-3-10-20-38)52-50(54-51)39-21-11-4-12-22-39/h1-32H;1-34H. The summed E-state index contributed by atoms with van der Waals surface area (Å²) in [6.45, 7) is 0. The van der Waals surface area contributed by atoms with Gasteiger partial charge in [0.2, 0.25) is 0 Å². The van der Waals surface area contributed by atoms with Gasteiger partial charge in [-0.25, -0.2) is 29.9 Å². The Morgan fingerprint density at radius 2 is 0.468 bits per heavy atom. The van der Waals surface area contributed by atoms with Gasteiger partial charge in [-0.05, 0) is 147 Å². The van der Waals surface area contributed by atoms with Gasteiger partial charge in [0.05, 0.1) is 22.1 Å². The van der Waals surface area contributed by atoms with Crippen molar-refractivity contribution in [3.05, 3.63) is 400 Å². The quantitative estimate of drug-likeness (QED) is 0.113. The summed E-state index contributed by atoms with van der Waals surface area (Å²) in [5, 5.41) is 7.00. The number of nitrogens with zero attached hydrogens (tertiary/aromatic N) is 8. The third-order valence-electron chi connectivity index (χ3n) is 20.9. The van der Waals surface area contributed by atoms with Crippen molar-refractivity contribution >= 4 is 65.6 Å². The SMILES string of the molecule is c1ccc(-c2ccc(-n3c4ccc(-c5ccccc5)cc4c4c(-c5cccc(-c6nc(-c7ccccc7)nc(-c7ccccc7)n6)c5)cccc43)cc2)cc1.c1ccc(-c2nc(-c3ccccc3)nc(-c3cccc(-c4cccc5c4c4cc(-c6ccc7oc8ccccc8c7c6)ccc4n5-c4ccccc4)c3)n2)cc1. The van der Waals surface area contributed by atoms with E-state index in [9.17, 15) is 0 Å². The monoisotopic (exact) mass is 1420 g/mol. The van der Waals surface area contributed by atoms with Crippen molar-refractivity contribution in [1.29, 1.82) is 0 Å². The number of aromatic nitrogens is 8. The fourth-order valence-corrected chi connectivity index (χ4v) is 15.6. The summed E-state index contributed by atoms with van der Waals surface area (Å²) in [7, 11) is 0. The molecule has 5 heterocycles. The van der Waals surface area contributed by atoms with Gasteiger partial charge in [0.15, 0.2) is 34.9 Å². The van der Waals surface area contributed by atoms with Gasteiger partial charge < -0.3 is 13.6 Å². The molecule has 9 heteroatoms. The van der Waals surface area contributed by atoms with Crippen molar-refractivity contribution in [3.63, 3.8) is 0 Å². The molecule has 0 atom stereocenters. The molecule has 0 N–H and O–H groups in total. The lowest BCUT2D eigenvalue weighted by atomic mass is 9.96. The van der Waals surface area contributed by atoms with Crippen LogP contribution in [0.15, 0.2) is 405 Å². The summed E-state index contributed by atoms with van der Waals surface area (Å²) in [5.74, 6) is 3.83. The van der Waals surface area contributed by atoms with Crippen molar-refractivity contribution in [2.24, 2.45) is 0 Å². The van der Waals surface area contributed by atoms with E-state index in [1.54, 1.807) is 0 Å². The summed E-state index contributed by atoms with van der Waals surface area (Å²) in [4.78, 5) is 30.0. The topological polar surface area (TPSA) is 100 Å². The summed E-state index contributed by atoms with van der Waals surface area (Å²) in [5.41, 5.74) is 25.8. The maximum absolute atomic E-state index is 6.17. The summed E-state index contributed by atoms with van der Waals surface area (Å²) >= 11 is 0. The van der Waals surface area contributed by atoms with Crippen LogP contribution < -0.4 is 0 Å². The molecular weight excluding hydrogens is 1350 g/mol. The van der Waals surface area contributed by atoms with Crippen LogP contribution in [-0.2, 0) is 0 Å². The zero-order valence-electron chi connectivity index (χ0n) is 60.1. The minimum Gasteiger partial charge on any atom is -0.456 e. The Morgan fingerprint density at radius 1 is 0.171 bits per heavy atom. The van der Waals surface area contributed by atoms with E-state index in [2.05, 4.69) is 276 Å². The maximum Gasteiger partial charge on any atom is 0.164 e. The van der Waals surface area contributed by atoms with Gasteiger partial charge in [0.1, 0.15) is 11.2 Å². The minimum atomic E-state index is 0.628. The highest BCUT2D eigenvalue weighted by Crippen LogP contribution is 2.45. The molecule has 0 saturated carbocycles. The molecule has 21 aromatic rings. The second-order valence-electron chi connectivity index (χ2n) is 27.7. The van der Waals surface area contributed by atoms with Crippen LogP contribution in [-0.4, -0.2) is 39.0 Å². The normalized spacial score (nSPS) is 11.4. The summed E-state index contributed by atoms with van der Waals surface area (Å²) < 4.78 is 10.9. The molecule has 0 radical (unpaired) electrons. The molecule has 0 bridgehead atoms. The molecule has 9 nitrogen and oxygen atoms in total. The zero-order chi connectivity index (χ0) is 73.6. The van der Waals surface area contributed by atoms with Crippen LogP contribution in [0.25, 0.3) is 201 Å². The Labute approximate surface area is 640 Å². The molecule has 0 unspecified atom stereocenters. The first kappa shape index (κ1) is 65.5. The van der Waals surface area contributed by atoms with E-state index in [4.69, 9.17) is 34.3 Å². The highest BCUT2D eigenvalue weighted by molar-refractivity contribution is 6.18. The number of para-hydroxylation sites is 2. The predicted octanol–water partition coefficient (Wildman–Crippen LogP) is 26.2. The number of hydrogen-bond donors (Lipinski definition) is 0. The second kappa shape index (κ2) is 28.3. The molecule has 5 aromatic heterocycles. The van der Waals surface area contributed by atoms with Gasteiger partial charge in [-0.2, -0.15) is 0 Å². The van der Waals surface area contributed by atoms with Gasteiger partial charge in [0.25, 0.3) is 0 Å². The summed E-state index contributed by atoms with van der Waals surface area (Å²) in [6.07, 6.45) is 0. The third-order valence-corrected chi connectivity index (χ3v) is 20.9. The number of furan rings is 1. The van der Waals surface area contributed by atoms with Gasteiger partial charge in [-0.1, -0.05) is 309 Å². The summed E-state index contributed by atoms with van der Waals surface area (Å²) in [6, 6.07) is 140. The Morgan fingerprint density at radius 3 is 0.910 bits per heavy atom. The van der Waals surface area contributed by atoms with E-state index < -0.39 is 0 Å². The Kier molecular flexibility index (Phi) is 16.7. The van der Waals surface area contributed by atoms with Crippen LogP contribution in [0.1, 0.15) is 0 Å². The van der Waals surface area contributed by atoms with E-state index in [-0.39, 0.29) is 0 Å². The van der Waals surface area contributed by atoms with Crippen molar-refractivity contribution in [2.75, 3.05) is 0 Å². The second-order valence-corrected chi connectivity index (χ2v) is 27.7. The van der Waals surface area contributed by atoms with E-state index in [0.717, 1.165) is 122 Å². The average molecular weight is 1420 g/mol. The highest BCUT2D eigenvalue weighted by Gasteiger charge is 2.23. The zero-order valence-corrected chi connectivity index (χ0v) is 60.1. The fourth-order valence-electron chi connectivity index (χ4n) is 15.6. The number of rotatable bonds is 13. The minimum absolute atomic E-state index is 0.628. The molecule has 0 aliphatic rings. The Balaban J connectivity index is 0.000000145. The van der Waals surface area contributed by atoms with Crippen LogP contribution in [0.3, 0.4) is 0 Å². The molecule has 520 valence electrons. The molecule has 0 spiro atoms. The molecule has 0 aliphatic carbocycles. The smallest absolute Gasteiger partial charge is 0.164 e. The number of benzene rings is 16. The first-order valence-corrected chi connectivity index (χ1v) is 37.3. The number of hydrogen-bond acceptors (Lipinski definition) is 7. The van der Waals surface area contributed by atoms with E-state index in [1.165, 1.54) is 43.8 Å². The molecule has 21 rings (SSSR count). The lowest BCUT2D eigenvalue weighted by Gasteiger charge is -2.11. The Bertz CT molecular complexity index is 6910. The van der Waals surface area contributed by atoms with Crippen molar-refractivity contribution in [3.8, 4) is 135 Å². The predicted molar refractivity (Wildman–Crippen MR) is 455 cm³/mol. The van der Waals surface area contributed by atoms with Crippen LogP contribution in [0.4, 0.5) is 0 Å². The van der Waals surface area contributed by atoms with E-state index in [0.29, 0.717) is 34.9 Å². The average Bonchev–Trinajstić information content (AvgIpc) is 1.60. The van der Waals surface area contributed by atoms with Gasteiger partial charge in [-0.3, -0.25) is 0 Å². The van der Waals surface area contributed by atoms with Gasteiger partial charge >= 0.3 is 0 Å². The molecule has 16 aromatic carbocycles. The largest absolute Gasteiger partial charge is 0.456 e. The number of fused-ring (bicyclic) bond motifs is 9. The first-order chi connectivity index (χ1) is 55.0. The molecular formula is C102H66N8O. The molecule has 111 heavy (non-hydrogen) atoms. The molecule has 0 aliphatic heterocycles. The first-order valence-electron chi connectivity index (χ1n) is 37.3. The van der Waals surface area contributed by atoms with E-state index >= 15 is 0 Å². The van der Waals surface area contributed by atoms with Gasteiger partial charge in [0, 0.05) is 77.1 Å². The fraction of sp³-hybridized carbons (Fsp3) is 0. The Hall–Kier alpha value is -15.1. The van der Waals surface area contributed by atoms with Crippen LogP contribution in [0, 0.1) is 0 Å². The lowest BCUT2D eigenvalue weighted by Crippen LogP contribution is -2.00. The van der Waals surface area contributed by atoms with Crippen molar-refractivity contribution < 1.29 is 4.42 Å². The maximum atomic E-state index is 6.17. The highest BCUT2D eigenvalue weighted by atomic mass is 16.3. The van der Waals surface area contributed by atoms with Crippen molar-refractivity contribution in [1.82, 2.24) is 39.0 Å².